The Balaban J connectivity index is 1.28. The van der Waals surface area contributed by atoms with Crippen LogP contribution in [0.4, 0.5) is 0 Å². The summed E-state index contributed by atoms with van der Waals surface area (Å²) in [5, 5.41) is 12.3. The summed E-state index contributed by atoms with van der Waals surface area (Å²) in [6, 6.07) is 11.0. The monoisotopic (exact) mass is 434 g/mol. The zero-order chi connectivity index (χ0) is 22.1. The number of rotatable bonds is 5. The van der Waals surface area contributed by atoms with Crippen molar-refractivity contribution in [3.8, 4) is 5.75 Å². The van der Waals surface area contributed by atoms with Crippen LogP contribution in [0, 0.1) is 0 Å². The molecule has 8 nitrogen and oxygen atoms in total. The van der Waals surface area contributed by atoms with Crippen LogP contribution in [0.3, 0.4) is 0 Å². The van der Waals surface area contributed by atoms with Crippen LogP contribution in [0.1, 0.15) is 51.4 Å². The maximum atomic E-state index is 13.2. The van der Waals surface area contributed by atoms with Crippen LogP contribution in [0.2, 0.25) is 0 Å². The molecule has 1 atom stereocenters. The Morgan fingerprint density at radius 2 is 2.16 bits per heavy atom. The number of nitrogens with zero attached hydrogens (tertiary/aromatic N) is 2. The van der Waals surface area contributed by atoms with Crippen LogP contribution in [-0.2, 0) is 13.0 Å². The van der Waals surface area contributed by atoms with Crippen LogP contribution >= 0.6 is 0 Å². The smallest absolute Gasteiger partial charge is 0.254 e. The van der Waals surface area contributed by atoms with Gasteiger partial charge in [0.1, 0.15) is 23.7 Å². The first-order valence-electron chi connectivity index (χ1n) is 11.1. The first-order chi connectivity index (χ1) is 15.6. The largest absolute Gasteiger partial charge is 0.493 e. The Morgan fingerprint density at radius 3 is 3.03 bits per heavy atom. The van der Waals surface area contributed by atoms with Gasteiger partial charge in [-0.3, -0.25) is 9.59 Å². The van der Waals surface area contributed by atoms with E-state index >= 15 is 0 Å². The van der Waals surface area contributed by atoms with Gasteiger partial charge in [0.15, 0.2) is 0 Å². The number of ether oxygens (including phenoxy) is 1. The van der Waals surface area contributed by atoms with Gasteiger partial charge in [-0.25, -0.2) is 4.98 Å². The highest BCUT2D eigenvalue weighted by molar-refractivity contribution is 6.05. The molecule has 3 N–H and O–H groups in total. The Bertz CT molecular complexity index is 1170. The molecule has 2 amide bonds. The SMILES string of the molecule is O=C(NC[C@H]1CCCN1C(=O)c1ccc2c(c1)OCCC2)c1cccc2[nH]c(CO)nc12. The number of H-pyrrole nitrogens is 1. The number of carbonyl (C=O) groups excluding carboxylic acids is 2. The number of aryl methyl sites for hydroxylation is 1. The second-order valence-electron chi connectivity index (χ2n) is 8.32. The number of nitrogens with one attached hydrogen (secondary N) is 2. The molecule has 2 aliphatic heterocycles. The minimum atomic E-state index is -0.243. The molecule has 0 aliphatic carbocycles. The van der Waals surface area contributed by atoms with Crippen molar-refractivity contribution in [3.63, 3.8) is 0 Å². The lowest BCUT2D eigenvalue weighted by Crippen LogP contribution is -2.43. The van der Waals surface area contributed by atoms with Crippen molar-refractivity contribution in [2.24, 2.45) is 0 Å². The van der Waals surface area contributed by atoms with Crippen LogP contribution < -0.4 is 10.1 Å². The number of carbonyl (C=O) groups is 2. The third kappa shape index (κ3) is 3.82. The standard InChI is InChI=1S/C24H26N4O4/c29-14-21-26-19-7-1-6-18(22(19)27-21)23(30)25-13-17-5-2-10-28(17)24(31)16-9-8-15-4-3-11-32-20(15)12-16/h1,6-9,12,17,29H,2-5,10-11,13-14H2,(H,25,30)(H,26,27)/t17-/m1/s1. The lowest BCUT2D eigenvalue weighted by molar-refractivity contribution is 0.0724. The summed E-state index contributed by atoms with van der Waals surface area (Å²) in [6.07, 6.45) is 3.73. The molecule has 3 heterocycles. The van der Waals surface area contributed by atoms with Gasteiger partial charge in [-0.1, -0.05) is 12.1 Å². The van der Waals surface area contributed by atoms with E-state index < -0.39 is 0 Å². The molecule has 1 aromatic heterocycles. The van der Waals surface area contributed by atoms with Crippen LogP contribution in [-0.4, -0.2) is 57.5 Å². The molecule has 0 spiro atoms. The van der Waals surface area contributed by atoms with Gasteiger partial charge in [-0.2, -0.15) is 0 Å². The predicted octanol–water partition coefficient (Wildman–Crippen LogP) is 2.41. The Morgan fingerprint density at radius 1 is 1.25 bits per heavy atom. The molecule has 2 aromatic carbocycles. The molecule has 166 valence electrons. The van der Waals surface area contributed by atoms with Gasteiger partial charge in [0.05, 0.1) is 17.7 Å². The number of aliphatic hydroxyl groups excluding tert-OH is 1. The minimum absolute atomic E-state index is 0.0271. The van der Waals surface area contributed by atoms with Crippen molar-refractivity contribution in [3.05, 3.63) is 58.9 Å². The zero-order valence-corrected chi connectivity index (χ0v) is 17.8. The molecule has 0 bridgehead atoms. The molecule has 1 fully saturated rings. The average Bonchev–Trinajstić information content (AvgIpc) is 3.48. The zero-order valence-electron chi connectivity index (χ0n) is 17.8. The van der Waals surface area contributed by atoms with Crippen molar-refractivity contribution >= 4 is 22.8 Å². The summed E-state index contributed by atoms with van der Waals surface area (Å²) in [5.74, 6) is 0.955. The van der Waals surface area contributed by atoms with E-state index in [9.17, 15) is 14.7 Å². The fraction of sp³-hybridized carbons (Fsp3) is 0.375. The molecule has 1 saturated heterocycles. The fourth-order valence-corrected chi connectivity index (χ4v) is 4.60. The predicted molar refractivity (Wildman–Crippen MR) is 119 cm³/mol. The summed E-state index contributed by atoms with van der Waals surface area (Å²) >= 11 is 0. The Labute approximate surface area is 185 Å². The third-order valence-corrected chi connectivity index (χ3v) is 6.25. The molecule has 0 saturated carbocycles. The number of benzene rings is 2. The number of likely N-dealkylation sites (tertiary alicyclic amines) is 1. The van der Waals surface area contributed by atoms with Crippen molar-refractivity contribution in [2.45, 2.75) is 38.3 Å². The van der Waals surface area contributed by atoms with Crippen LogP contribution in [0.15, 0.2) is 36.4 Å². The van der Waals surface area contributed by atoms with Crippen LogP contribution in [0.5, 0.6) is 5.75 Å². The molecular weight excluding hydrogens is 408 g/mol. The molecule has 32 heavy (non-hydrogen) atoms. The van der Waals surface area contributed by atoms with Crippen molar-refractivity contribution in [2.75, 3.05) is 19.7 Å². The first kappa shape index (κ1) is 20.5. The maximum Gasteiger partial charge on any atom is 0.254 e. The van der Waals surface area contributed by atoms with Crippen molar-refractivity contribution in [1.29, 1.82) is 0 Å². The minimum Gasteiger partial charge on any atom is -0.493 e. The molecule has 8 heteroatoms. The highest BCUT2D eigenvalue weighted by Gasteiger charge is 2.30. The number of para-hydroxylation sites is 1. The maximum absolute atomic E-state index is 13.2. The lowest BCUT2D eigenvalue weighted by atomic mass is 10.0. The highest BCUT2D eigenvalue weighted by atomic mass is 16.5. The molecule has 0 radical (unpaired) electrons. The number of amides is 2. The van der Waals surface area contributed by atoms with Gasteiger partial charge in [-0.15, -0.1) is 0 Å². The van der Waals surface area contributed by atoms with E-state index in [-0.39, 0.29) is 24.5 Å². The van der Waals surface area contributed by atoms with E-state index in [2.05, 4.69) is 15.3 Å². The summed E-state index contributed by atoms with van der Waals surface area (Å²) in [5.41, 5.74) is 3.45. The lowest BCUT2D eigenvalue weighted by Gasteiger charge is -2.26. The summed E-state index contributed by atoms with van der Waals surface area (Å²) < 4.78 is 5.72. The Hall–Kier alpha value is -3.39. The van der Waals surface area contributed by atoms with Gasteiger partial charge in [0.25, 0.3) is 11.8 Å². The molecule has 2 aliphatic rings. The number of aromatic nitrogens is 2. The Kier molecular flexibility index (Phi) is 5.53. The van der Waals surface area contributed by atoms with Gasteiger partial charge in [0.2, 0.25) is 0 Å². The number of aromatic amines is 1. The number of hydrogen-bond donors (Lipinski definition) is 3. The van der Waals surface area contributed by atoms with E-state index in [1.165, 1.54) is 0 Å². The van der Waals surface area contributed by atoms with Gasteiger partial charge in [0, 0.05) is 24.7 Å². The van der Waals surface area contributed by atoms with E-state index in [0.717, 1.165) is 37.0 Å². The van der Waals surface area contributed by atoms with E-state index in [1.807, 2.05) is 29.2 Å². The van der Waals surface area contributed by atoms with E-state index in [4.69, 9.17) is 4.74 Å². The quantitative estimate of drug-likeness (QED) is 0.572. The second-order valence-corrected chi connectivity index (χ2v) is 8.32. The summed E-state index contributed by atoms with van der Waals surface area (Å²) in [7, 11) is 0. The summed E-state index contributed by atoms with van der Waals surface area (Å²) in [6.45, 7) is 1.51. The molecule has 5 rings (SSSR count). The number of fused-ring (bicyclic) bond motifs is 2. The van der Waals surface area contributed by atoms with Gasteiger partial charge >= 0.3 is 0 Å². The molecule has 3 aromatic rings. The fourth-order valence-electron chi connectivity index (χ4n) is 4.60. The van der Waals surface area contributed by atoms with Crippen molar-refractivity contribution in [1.82, 2.24) is 20.2 Å². The number of imidazole rings is 1. The molecule has 0 unspecified atom stereocenters. The number of hydrogen-bond acceptors (Lipinski definition) is 5. The van der Waals surface area contributed by atoms with Crippen molar-refractivity contribution < 1.29 is 19.4 Å². The van der Waals surface area contributed by atoms with E-state index in [1.54, 1.807) is 12.1 Å². The highest BCUT2D eigenvalue weighted by Crippen LogP contribution is 2.28. The van der Waals surface area contributed by atoms with E-state index in [0.29, 0.717) is 47.7 Å². The summed E-state index contributed by atoms with van der Waals surface area (Å²) in [4.78, 5) is 35.2. The van der Waals surface area contributed by atoms with Gasteiger partial charge in [-0.05, 0) is 55.5 Å². The van der Waals surface area contributed by atoms with Crippen LogP contribution in [0.25, 0.3) is 11.0 Å². The molecular formula is C24H26N4O4. The number of aliphatic hydroxyl groups is 1. The van der Waals surface area contributed by atoms with Gasteiger partial charge < -0.3 is 25.0 Å². The normalized spacial score (nSPS) is 17.8. The first-order valence-corrected chi connectivity index (χ1v) is 11.1. The third-order valence-electron chi connectivity index (χ3n) is 6.25. The second kappa shape index (κ2) is 8.63. The average molecular weight is 434 g/mol. The topological polar surface area (TPSA) is 108 Å².